The molecule has 0 atom stereocenters. The first kappa shape index (κ1) is 15.2. The summed E-state index contributed by atoms with van der Waals surface area (Å²) in [6.45, 7) is 0. The van der Waals surface area contributed by atoms with Crippen LogP contribution in [0.5, 0.6) is 5.75 Å². The van der Waals surface area contributed by atoms with E-state index in [1.807, 2.05) is 13.2 Å². The van der Waals surface area contributed by atoms with Crippen molar-refractivity contribution >= 4 is 29.0 Å². The van der Waals surface area contributed by atoms with Gasteiger partial charge >= 0.3 is 0 Å². The number of aromatic nitrogens is 2. The maximum atomic E-state index is 11.9. The zero-order valence-corrected chi connectivity index (χ0v) is 12.8. The van der Waals surface area contributed by atoms with E-state index in [1.54, 1.807) is 47.9 Å². The molecule has 0 aliphatic rings. The van der Waals surface area contributed by atoms with Crippen LogP contribution >= 0.6 is 11.8 Å². The highest BCUT2D eigenvalue weighted by Gasteiger charge is 2.07. The molecule has 0 radical (unpaired) electrons. The fourth-order valence-electron chi connectivity index (χ4n) is 1.73. The van der Waals surface area contributed by atoms with E-state index in [0.29, 0.717) is 29.3 Å². The Kier molecular flexibility index (Phi) is 5.10. The Balaban J connectivity index is 1.81. The van der Waals surface area contributed by atoms with E-state index in [9.17, 15) is 4.79 Å². The van der Waals surface area contributed by atoms with Crippen molar-refractivity contribution < 1.29 is 9.53 Å². The number of thioether (sulfide) groups is 1. The molecule has 6 nitrogen and oxygen atoms in total. The van der Waals surface area contributed by atoms with Crippen molar-refractivity contribution in [2.75, 3.05) is 23.9 Å². The van der Waals surface area contributed by atoms with E-state index >= 15 is 0 Å². The monoisotopic (exact) mass is 306 g/mol. The van der Waals surface area contributed by atoms with Crippen molar-refractivity contribution in [1.82, 2.24) is 9.78 Å². The van der Waals surface area contributed by atoms with Crippen LogP contribution < -0.4 is 15.8 Å². The van der Waals surface area contributed by atoms with Crippen LogP contribution in [-0.2, 0) is 11.8 Å². The molecule has 1 aromatic heterocycles. The van der Waals surface area contributed by atoms with Gasteiger partial charge in [0.1, 0.15) is 5.75 Å². The van der Waals surface area contributed by atoms with Gasteiger partial charge in [-0.15, -0.1) is 11.8 Å². The van der Waals surface area contributed by atoms with Gasteiger partial charge in [0.05, 0.1) is 24.7 Å². The molecule has 0 aliphatic heterocycles. The Morgan fingerprint density at radius 2 is 2.33 bits per heavy atom. The number of nitrogens with one attached hydrogen (secondary N) is 1. The third-order valence-electron chi connectivity index (χ3n) is 2.81. The number of benzene rings is 1. The minimum Gasteiger partial charge on any atom is -0.497 e. The predicted octanol–water partition coefficient (Wildman–Crippen LogP) is 2.13. The number of nitrogens with zero attached hydrogens (tertiary/aromatic N) is 2. The van der Waals surface area contributed by atoms with E-state index in [0.717, 1.165) is 4.90 Å². The zero-order chi connectivity index (χ0) is 15.2. The number of rotatable bonds is 6. The number of anilines is 2. The smallest absolute Gasteiger partial charge is 0.225 e. The highest BCUT2D eigenvalue weighted by Crippen LogP contribution is 2.24. The summed E-state index contributed by atoms with van der Waals surface area (Å²) in [5.41, 5.74) is 6.95. The van der Waals surface area contributed by atoms with E-state index in [-0.39, 0.29) is 5.91 Å². The molecule has 2 aromatic rings. The summed E-state index contributed by atoms with van der Waals surface area (Å²) in [5.74, 6) is 1.29. The van der Waals surface area contributed by atoms with Gasteiger partial charge in [-0.05, 0) is 12.1 Å². The molecule has 0 bridgehead atoms. The second kappa shape index (κ2) is 7.03. The van der Waals surface area contributed by atoms with Crippen LogP contribution in [-0.4, -0.2) is 28.6 Å². The molecular formula is C14H18N4O2S. The molecule has 1 heterocycles. The summed E-state index contributed by atoms with van der Waals surface area (Å²) >= 11 is 1.59. The van der Waals surface area contributed by atoms with Gasteiger partial charge < -0.3 is 15.8 Å². The van der Waals surface area contributed by atoms with Gasteiger partial charge in [0.15, 0.2) is 0 Å². The first-order valence-corrected chi connectivity index (χ1v) is 7.42. The number of carbonyl (C=O) groups excluding carboxylic acids is 1. The summed E-state index contributed by atoms with van der Waals surface area (Å²) in [6.07, 6.45) is 4.11. The number of nitrogen functional groups attached to an aromatic ring is 1. The van der Waals surface area contributed by atoms with Crippen LogP contribution in [0.15, 0.2) is 35.5 Å². The second-order valence-corrected chi connectivity index (χ2v) is 5.62. The average molecular weight is 306 g/mol. The largest absolute Gasteiger partial charge is 0.497 e. The number of amides is 1. The molecule has 3 N–H and O–H groups in total. The minimum atomic E-state index is -0.0664. The van der Waals surface area contributed by atoms with Crippen molar-refractivity contribution in [1.29, 1.82) is 0 Å². The Labute approximate surface area is 127 Å². The summed E-state index contributed by atoms with van der Waals surface area (Å²) in [4.78, 5) is 12.9. The first-order chi connectivity index (χ1) is 10.1. The Morgan fingerprint density at radius 3 is 2.95 bits per heavy atom. The lowest BCUT2D eigenvalue weighted by Gasteiger charge is -2.09. The molecule has 0 saturated heterocycles. The molecule has 0 spiro atoms. The molecule has 21 heavy (non-hydrogen) atoms. The average Bonchev–Trinajstić information content (AvgIpc) is 2.86. The second-order valence-electron chi connectivity index (χ2n) is 4.45. The molecule has 0 aliphatic carbocycles. The lowest BCUT2D eigenvalue weighted by molar-refractivity contribution is -0.115. The number of ether oxygens (including phenoxy) is 1. The molecule has 0 unspecified atom stereocenters. The van der Waals surface area contributed by atoms with Gasteiger partial charge in [0, 0.05) is 36.4 Å². The number of aryl methyl sites for hydroxylation is 1. The van der Waals surface area contributed by atoms with Gasteiger partial charge in [-0.2, -0.15) is 5.10 Å². The Hall–Kier alpha value is -2.15. The summed E-state index contributed by atoms with van der Waals surface area (Å²) in [5, 5.41) is 6.88. The van der Waals surface area contributed by atoms with E-state index in [1.165, 1.54) is 0 Å². The topological polar surface area (TPSA) is 82.2 Å². The highest BCUT2D eigenvalue weighted by atomic mass is 32.2. The predicted molar refractivity (Wildman–Crippen MR) is 84.6 cm³/mol. The van der Waals surface area contributed by atoms with Gasteiger partial charge in [-0.1, -0.05) is 0 Å². The molecule has 1 amide bonds. The zero-order valence-electron chi connectivity index (χ0n) is 12.0. The fraction of sp³-hybridized carbons (Fsp3) is 0.286. The third kappa shape index (κ3) is 4.42. The minimum absolute atomic E-state index is 0.0664. The Morgan fingerprint density at radius 1 is 1.52 bits per heavy atom. The van der Waals surface area contributed by atoms with Crippen LogP contribution in [0.1, 0.15) is 6.42 Å². The van der Waals surface area contributed by atoms with Crippen LogP contribution in [0.2, 0.25) is 0 Å². The lowest BCUT2D eigenvalue weighted by Crippen LogP contribution is -2.13. The fourth-order valence-corrected chi connectivity index (χ4v) is 2.60. The van der Waals surface area contributed by atoms with Crippen LogP contribution in [0.4, 0.5) is 11.4 Å². The standard InChI is InChI=1S/C14H18N4O2S/c1-18-9-11(8-16-18)21-6-5-14(19)17-13-4-3-10(20-2)7-12(13)15/h3-4,7-9H,5-6,15H2,1-2H3,(H,17,19). The molecule has 112 valence electrons. The van der Waals surface area contributed by atoms with Crippen molar-refractivity contribution in [2.45, 2.75) is 11.3 Å². The number of hydrogen-bond donors (Lipinski definition) is 2. The number of methoxy groups -OCH3 is 1. The van der Waals surface area contributed by atoms with E-state index in [2.05, 4.69) is 10.4 Å². The SMILES string of the molecule is COc1ccc(NC(=O)CCSc2cnn(C)c2)c(N)c1. The van der Waals surface area contributed by atoms with Gasteiger partial charge in [-0.25, -0.2) is 0 Å². The van der Waals surface area contributed by atoms with Crippen molar-refractivity contribution in [3.8, 4) is 5.75 Å². The first-order valence-electron chi connectivity index (χ1n) is 6.43. The van der Waals surface area contributed by atoms with Crippen LogP contribution in [0, 0.1) is 0 Å². The highest BCUT2D eigenvalue weighted by molar-refractivity contribution is 7.99. The number of carbonyl (C=O) groups is 1. The Bertz CT molecular complexity index is 627. The lowest BCUT2D eigenvalue weighted by atomic mass is 10.2. The summed E-state index contributed by atoms with van der Waals surface area (Å²) in [7, 11) is 3.44. The summed E-state index contributed by atoms with van der Waals surface area (Å²) in [6, 6.07) is 5.18. The van der Waals surface area contributed by atoms with Crippen molar-refractivity contribution in [3.63, 3.8) is 0 Å². The molecule has 2 rings (SSSR count). The number of nitrogens with two attached hydrogens (primary N) is 1. The maximum Gasteiger partial charge on any atom is 0.225 e. The number of hydrogen-bond acceptors (Lipinski definition) is 5. The molecule has 0 saturated carbocycles. The van der Waals surface area contributed by atoms with Crippen molar-refractivity contribution in [3.05, 3.63) is 30.6 Å². The molecule has 0 fully saturated rings. The van der Waals surface area contributed by atoms with Gasteiger partial charge in [0.25, 0.3) is 0 Å². The molecule has 7 heteroatoms. The van der Waals surface area contributed by atoms with Gasteiger partial charge in [0.2, 0.25) is 5.91 Å². The normalized spacial score (nSPS) is 10.4. The maximum absolute atomic E-state index is 11.9. The van der Waals surface area contributed by atoms with E-state index < -0.39 is 0 Å². The van der Waals surface area contributed by atoms with Crippen LogP contribution in [0.25, 0.3) is 0 Å². The van der Waals surface area contributed by atoms with E-state index in [4.69, 9.17) is 10.5 Å². The molecule has 1 aromatic carbocycles. The summed E-state index contributed by atoms with van der Waals surface area (Å²) < 4.78 is 6.80. The van der Waals surface area contributed by atoms with Gasteiger partial charge in [-0.3, -0.25) is 9.48 Å². The quantitative estimate of drug-likeness (QED) is 0.631. The molecular weight excluding hydrogens is 288 g/mol. The van der Waals surface area contributed by atoms with Crippen LogP contribution in [0.3, 0.4) is 0 Å². The third-order valence-corrected chi connectivity index (χ3v) is 3.76. The van der Waals surface area contributed by atoms with Crippen molar-refractivity contribution in [2.24, 2.45) is 7.05 Å².